The first-order valence-corrected chi connectivity index (χ1v) is 11.0. The second-order valence-corrected chi connectivity index (χ2v) is 9.02. The van der Waals surface area contributed by atoms with Gasteiger partial charge in [-0.25, -0.2) is 9.18 Å². The maximum Gasteiger partial charge on any atom is 0.321 e. The smallest absolute Gasteiger partial charge is 0.321 e. The molecule has 0 aliphatic carbocycles. The Hall–Kier alpha value is -2.71. The molecule has 1 saturated heterocycles. The van der Waals surface area contributed by atoms with Gasteiger partial charge >= 0.3 is 6.03 Å². The first-order valence-electron chi connectivity index (χ1n) is 10.6. The molecule has 2 heterocycles. The zero-order valence-corrected chi connectivity index (χ0v) is 19.0. The van der Waals surface area contributed by atoms with Crippen LogP contribution in [0.15, 0.2) is 42.7 Å². The van der Waals surface area contributed by atoms with Crippen LogP contribution in [0.1, 0.15) is 32.3 Å². The number of hydrogen-bond donors (Lipinski definition) is 3. The number of nitrogens with one attached hydrogen (secondary N) is 2. The average molecular weight is 462 g/mol. The Kier molecular flexibility index (Phi) is 7.69. The van der Waals surface area contributed by atoms with Crippen molar-refractivity contribution in [3.05, 3.63) is 59.1 Å². The van der Waals surface area contributed by atoms with E-state index in [1.54, 1.807) is 43.3 Å². The van der Waals surface area contributed by atoms with Crippen LogP contribution in [0.5, 0.6) is 0 Å². The van der Waals surface area contributed by atoms with Gasteiger partial charge in [-0.1, -0.05) is 17.7 Å². The van der Waals surface area contributed by atoms with Crippen molar-refractivity contribution in [2.75, 3.05) is 25.0 Å². The molecule has 0 bridgehead atoms. The Morgan fingerprint density at radius 2 is 1.91 bits per heavy atom. The molecule has 1 aliphatic heterocycles. The summed E-state index contributed by atoms with van der Waals surface area (Å²) in [6.07, 6.45) is 4.77. The van der Waals surface area contributed by atoms with Crippen molar-refractivity contribution in [2.45, 2.75) is 38.1 Å². The maximum absolute atomic E-state index is 13.4. The number of carbonyl (C=O) groups is 2. The van der Waals surface area contributed by atoms with Crippen molar-refractivity contribution in [1.82, 2.24) is 15.2 Å². The van der Waals surface area contributed by atoms with E-state index < -0.39 is 11.2 Å². The molecule has 1 aromatic carbocycles. The number of halogens is 2. The molecule has 1 unspecified atom stereocenters. The standard InChI is InChI=1S/C23H29ClFN5O2/c1-23(2,18-4-3-16(25)13-19(18)24)21(31)28-14-20(26)15-7-11-30(12-8-15)22(32)29-17-5-9-27-10-6-17/h3-6,9-10,13,15,20H,7-8,11-12,14,26H2,1-2H3,(H,28,31)(H,27,29,32). The third-order valence-electron chi connectivity index (χ3n) is 6.03. The number of anilines is 1. The van der Waals surface area contributed by atoms with Gasteiger partial charge in [0.05, 0.1) is 5.41 Å². The van der Waals surface area contributed by atoms with Crippen LogP contribution in [-0.4, -0.2) is 47.5 Å². The number of carbonyl (C=O) groups excluding carboxylic acids is 2. The number of likely N-dealkylation sites (tertiary alicyclic amines) is 1. The molecular formula is C23H29ClFN5O2. The molecule has 3 rings (SSSR count). The summed E-state index contributed by atoms with van der Waals surface area (Å²) in [5.41, 5.74) is 6.69. The Balaban J connectivity index is 1.48. The van der Waals surface area contributed by atoms with Crippen LogP contribution in [0.3, 0.4) is 0 Å². The molecular weight excluding hydrogens is 433 g/mol. The van der Waals surface area contributed by atoms with Gasteiger partial charge in [-0.05, 0) is 62.4 Å². The van der Waals surface area contributed by atoms with Crippen LogP contribution >= 0.6 is 11.6 Å². The summed E-state index contributed by atoms with van der Waals surface area (Å²) in [4.78, 5) is 30.9. The van der Waals surface area contributed by atoms with Crippen molar-refractivity contribution in [2.24, 2.45) is 11.7 Å². The molecule has 1 aliphatic rings. The van der Waals surface area contributed by atoms with E-state index in [0.717, 1.165) is 12.8 Å². The Bertz CT molecular complexity index is 949. The molecule has 2 aromatic rings. The highest BCUT2D eigenvalue weighted by Gasteiger charge is 2.33. The van der Waals surface area contributed by atoms with E-state index in [4.69, 9.17) is 17.3 Å². The number of aromatic nitrogens is 1. The van der Waals surface area contributed by atoms with Crippen LogP contribution in [-0.2, 0) is 10.2 Å². The van der Waals surface area contributed by atoms with Gasteiger partial charge in [-0.15, -0.1) is 0 Å². The van der Waals surface area contributed by atoms with Gasteiger partial charge in [0.25, 0.3) is 0 Å². The number of urea groups is 1. The van der Waals surface area contributed by atoms with Crippen LogP contribution < -0.4 is 16.4 Å². The minimum absolute atomic E-state index is 0.144. The summed E-state index contributed by atoms with van der Waals surface area (Å²) >= 11 is 6.15. The largest absolute Gasteiger partial charge is 0.354 e. The van der Waals surface area contributed by atoms with E-state index in [2.05, 4.69) is 15.6 Å². The monoisotopic (exact) mass is 461 g/mol. The van der Waals surface area contributed by atoms with E-state index in [0.29, 0.717) is 30.9 Å². The summed E-state index contributed by atoms with van der Waals surface area (Å²) in [7, 11) is 0. The van der Waals surface area contributed by atoms with Crippen LogP contribution in [0, 0.1) is 11.7 Å². The molecule has 0 spiro atoms. The number of pyridine rings is 1. The number of piperidine rings is 1. The highest BCUT2D eigenvalue weighted by atomic mass is 35.5. The maximum atomic E-state index is 13.4. The van der Waals surface area contributed by atoms with Crippen molar-refractivity contribution >= 4 is 29.2 Å². The van der Waals surface area contributed by atoms with E-state index in [1.807, 2.05) is 0 Å². The number of nitrogens with zero attached hydrogens (tertiary/aromatic N) is 2. The minimum Gasteiger partial charge on any atom is -0.354 e. The fourth-order valence-electron chi connectivity index (χ4n) is 3.89. The summed E-state index contributed by atoms with van der Waals surface area (Å²) in [5, 5.41) is 5.99. The molecule has 9 heteroatoms. The Labute approximate surface area is 192 Å². The van der Waals surface area contributed by atoms with Crippen molar-refractivity contribution < 1.29 is 14.0 Å². The number of hydrogen-bond acceptors (Lipinski definition) is 4. The third kappa shape index (κ3) is 5.75. The lowest BCUT2D eigenvalue weighted by molar-refractivity contribution is -0.125. The summed E-state index contributed by atoms with van der Waals surface area (Å²) < 4.78 is 13.4. The first-order chi connectivity index (χ1) is 15.2. The van der Waals surface area contributed by atoms with Gasteiger partial charge in [0.1, 0.15) is 5.82 Å². The molecule has 3 amide bonds. The Morgan fingerprint density at radius 3 is 2.53 bits per heavy atom. The van der Waals surface area contributed by atoms with Gasteiger partial charge in [-0.3, -0.25) is 9.78 Å². The summed E-state index contributed by atoms with van der Waals surface area (Å²) in [6.45, 7) is 4.99. The average Bonchev–Trinajstić information content (AvgIpc) is 2.77. The zero-order chi connectivity index (χ0) is 23.3. The van der Waals surface area contributed by atoms with Crippen LogP contribution in [0.2, 0.25) is 5.02 Å². The lowest BCUT2D eigenvalue weighted by Gasteiger charge is -2.35. The van der Waals surface area contributed by atoms with Gasteiger partial charge in [0, 0.05) is 48.8 Å². The summed E-state index contributed by atoms with van der Waals surface area (Å²) in [6, 6.07) is 7.13. The van der Waals surface area contributed by atoms with E-state index in [-0.39, 0.29) is 28.9 Å². The number of benzene rings is 1. The number of amides is 3. The molecule has 1 aromatic heterocycles. The van der Waals surface area contributed by atoms with Crippen molar-refractivity contribution in [1.29, 1.82) is 0 Å². The zero-order valence-electron chi connectivity index (χ0n) is 18.3. The SMILES string of the molecule is CC(C)(C(=O)NCC(N)C1CCN(C(=O)Nc2ccncc2)CC1)c1ccc(F)cc1Cl. The third-order valence-corrected chi connectivity index (χ3v) is 6.35. The van der Waals surface area contributed by atoms with E-state index in [9.17, 15) is 14.0 Å². The number of nitrogens with two attached hydrogens (primary N) is 1. The lowest BCUT2D eigenvalue weighted by atomic mass is 9.83. The molecule has 0 radical (unpaired) electrons. The summed E-state index contributed by atoms with van der Waals surface area (Å²) in [5.74, 6) is -0.480. The lowest BCUT2D eigenvalue weighted by Crippen LogP contribution is -2.50. The molecule has 0 saturated carbocycles. The predicted molar refractivity (Wildman–Crippen MR) is 123 cm³/mol. The first kappa shape index (κ1) is 23.9. The second-order valence-electron chi connectivity index (χ2n) is 8.61. The highest BCUT2D eigenvalue weighted by Crippen LogP contribution is 2.31. The minimum atomic E-state index is -0.932. The predicted octanol–water partition coefficient (Wildman–Crippen LogP) is 3.54. The van der Waals surface area contributed by atoms with Gasteiger partial charge in [-0.2, -0.15) is 0 Å². The molecule has 7 nitrogen and oxygen atoms in total. The quantitative estimate of drug-likeness (QED) is 0.612. The van der Waals surface area contributed by atoms with Crippen LogP contribution in [0.4, 0.5) is 14.9 Å². The van der Waals surface area contributed by atoms with Gasteiger partial charge in [0.15, 0.2) is 0 Å². The second kappa shape index (κ2) is 10.3. The van der Waals surface area contributed by atoms with Crippen LogP contribution in [0.25, 0.3) is 0 Å². The highest BCUT2D eigenvalue weighted by molar-refractivity contribution is 6.31. The van der Waals surface area contributed by atoms with Crippen molar-refractivity contribution in [3.63, 3.8) is 0 Å². The Morgan fingerprint density at radius 1 is 1.25 bits per heavy atom. The number of rotatable bonds is 6. The van der Waals surface area contributed by atoms with E-state index >= 15 is 0 Å². The molecule has 32 heavy (non-hydrogen) atoms. The van der Waals surface area contributed by atoms with Gasteiger partial charge < -0.3 is 21.3 Å². The molecule has 4 N–H and O–H groups in total. The molecule has 172 valence electrons. The fraction of sp³-hybridized carbons (Fsp3) is 0.435. The van der Waals surface area contributed by atoms with Gasteiger partial charge in [0.2, 0.25) is 5.91 Å². The normalized spacial score (nSPS) is 15.8. The topological polar surface area (TPSA) is 100 Å². The molecule has 1 atom stereocenters. The van der Waals surface area contributed by atoms with E-state index in [1.165, 1.54) is 18.2 Å². The van der Waals surface area contributed by atoms with Crippen molar-refractivity contribution in [3.8, 4) is 0 Å². The molecule has 1 fully saturated rings. The fourth-order valence-corrected chi connectivity index (χ4v) is 4.29.